The highest BCUT2D eigenvalue weighted by Gasteiger charge is 2.35. The van der Waals surface area contributed by atoms with E-state index in [0.717, 1.165) is 6.54 Å². The van der Waals surface area contributed by atoms with E-state index in [0.29, 0.717) is 17.3 Å². The summed E-state index contributed by atoms with van der Waals surface area (Å²) >= 11 is 0. The molecule has 0 aromatic heterocycles. The molecule has 118 valence electrons. The number of hydrogen-bond acceptors (Lipinski definition) is 1. The first-order valence-corrected chi connectivity index (χ1v) is 8.17. The zero-order chi connectivity index (χ0) is 15.7. The van der Waals surface area contributed by atoms with Crippen molar-refractivity contribution in [1.82, 2.24) is 5.32 Å². The first-order valence-electron chi connectivity index (χ1n) is 8.17. The van der Waals surface area contributed by atoms with E-state index in [4.69, 9.17) is 0 Å². The van der Waals surface area contributed by atoms with Crippen molar-refractivity contribution in [3.8, 4) is 0 Å². The van der Waals surface area contributed by atoms with Gasteiger partial charge in [0.05, 0.1) is 0 Å². The fourth-order valence-electron chi connectivity index (χ4n) is 3.42. The van der Waals surface area contributed by atoms with Crippen LogP contribution in [0.4, 0.5) is 4.39 Å². The molecule has 0 aliphatic heterocycles. The SMILES string of the molecule is CC1(C)CCC(CNC(C)(C)C)C(c2ccc(F)cc2)C1. The van der Waals surface area contributed by atoms with E-state index in [9.17, 15) is 4.39 Å². The summed E-state index contributed by atoms with van der Waals surface area (Å²) in [4.78, 5) is 0. The monoisotopic (exact) mass is 291 g/mol. The molecule has 1 aromatic carbocycles. The fraction of sp³-hybridized carbons (Fsp3) is 0.684. The third-order valence-electron chi connectivity index (χ3n) is 4.73. The van der Waals surface area contributed by atoms with Gasteiger partial charge >= 0.3 is 0 Å². The second-order valence-corrected chi connectivity index (χ2v) is 8.46. The molecule has 1 saturated carbocycles. The van der Waals surface area contributed by atoms with Crippen LogP contribution < -0.4 is 5.32 Å². The topological polar surface area (TPSA) is 12.0 Å². The van der Waals surface area contributed by atoms with E-state index in [1.165, 1.54) is 24.8 Å². The van der Waals surface area contributed by atoms with Gasteiger partial charge in [0.1, 0.15) is 5.82 Å². The molecule has 0 bridgehead atoms. The maximum absolute atomic E-state index is 13.2. The van der Waals surface area contributed by atoms with Crippen molar-refractivity contribution in [2.45, 2.75) is 65.3 Å². The fourth-order valence-corrected chi connectivity index (χ4v) is 3.42. The van der Waals surface area contributed by atoms with Gasteiger partial charge in [-0.25, -0.2) is 4.39 Å². The van der Waals surface area contributed by atoms with Crippen molar-refractivity contribution < 1.29 is 4.39 Å². The van der Waals surface area contributed by atoms with E-state index in [-0.39, 0.29) is 11.4 Å². The summed E-state index contributed by atoms with van der Waals surface area (Å²) in [6.07, 6.45) is 3.72. The van der Waals surface area contributed by atoms with Crippen molar-refractivity contribution in [3.63, 3.8) is 0 Å². The molecule has 2 unspecified atom stereocenters. The van der Waals surface area contributed by atoms with Gasteiger partial charge in [-0.1, -0.05) is 26.0 Å². The molecule has 1 aliphatic rings. The van der Waals surface area contributed by atoms with Crippen molar-refractivity contribution in [1.29, 1.82) is 0 Å². The van der Waals surface area contributed by atoms with Crippen LogP contribution in [-0.2, 0) is 0 Å². The standard InChI is InChI=1S/C19H30FN/c1-18(2,3)21-13-15-10-11-19(4,5)12-17(15)14-6-8-16(20)9-7-14/h6-9,15,17,21H,10-13H2,1-5H3. The number of rotatable bonds is 3. The van der Waals surface area contributed by atoms with Crippen molar-refractivity contribution in [3.05, 3.63) is 35.6 Å². The van der Waals surface area contributed by atoms with Gasteiger partial charge in [-0.2, -0.15) is 0 Å². The van der Waals surface area contributed by atoms with Crippen LogP contribution in [0.3, 0.4) is 0 Å². The lowest BCUT2D eigenvalue weighted by Gasteiger charge is -2.42. The molecule has 2 heteroatoms. The summed E-state index contributed by atoms with van der Waals surface area (Å²) in [5, 5.41) is 3.66. The minimum absolute atomic E-state index is 0.141. The van der Waals surface area contributed by atoms with Gasteiger partial charge in [0.2, 0.25) is 0 Å². The van der Waals surface area contributed by atoms with Gasteiger partial charge in [-0.05, 0) is 81.5 Å². The van der Waals surface area contributed by atoms with Crippen LogP contribution in [0.1, 0.15) is 65.4 Å². The number of benzene rings is 1. The number of nitrogens with one attached hydrogen (secondary N) is 1. The third-order valence-corrected chi connectivity index (χ3v) is 4.73. The Morgan fingerprint density at radius 1 is 1.19 bits per heavy atom. The van der Waals surface area contributed by atoms with Gasteiger partial charge in [-0.15, -0.1) is 0 Å². The summed E-state index contributed by atoms with van der Waals surface area (Å²) in [7, 11) is 0. The molecule has 0 spiro atoms. The Hall–Kier alpha value is -0.890. The predicted octanol–water partition coefficient (Wildman–Crippen LogP) is 5.12. The molecular weight excluding hydrogens is 261 g/mol. The smallest absolute Gasteiger partial charge is 0.123 e. The van der Waals surface area contributed by atoms with Gasteiger partial charge in [0.15, 0.2) is 0 Å². The highest BCUT2D eigenvalue weighted by molar-refractivity contribution is 5.22. The molecule has 0 heterocycles. The molecule has 1 fully saturated rings. The lowest BCUT2D eigenvalue weighted by Crippen LogP contribution is -2.42. The van der Waals surface area contributed by atoms with Crippen LogP contribution in [0.5, 0.6) is 0 Å². The summed E-state index contributed by atoms with van der Waals surface area (Å²) in [5.74, 6) is 1.03. The summed E-state index contributed by atoms with van der Waals surface area (Å²) in [5.41, 5.74) is 1.84. The highest BCUT2D eigenvalue weighted by Crippen LogP contribution is 2.46. The van der Waals surface area contributed by atoms with E-state index in [1.54, 1.807) is 12.1 Å². The maximum Gasteiger partial charge on any atom is 0.123 e. The average molecular weight is 291 g/mol. The van der Waals surface area contributed by atoms with E-state index in [1.807, 2.05) is 12.1 Å². The van der Waals surface area contributed by atoms with Crippen LogP contribution in [-0.4, -0.2) is 12.1 Å². The molecule has 2 rings (SSSR count). The van der Waals surface area contributed by atoms with Crippen molar-refractivity contribution in [2.75, 3.05) is 6.54 Å². The van der Waals surface area contributed by atoms with Crippen LogP contribution >= 0.6 is 0 Å². The highest BCUT2D eigenvalue weighted by atomic mass is 19.1. The Kier molecular flexibility index (Phi) is 4.77. The lowest BCUT2D eigenvalue weighted by molar-refractivity contribution is 0.154. The quantitative estimate of drug-likeness (QED) is 0.814. The zero-order valence-corrected chi connectivity index (χ0v) is 14.2. The van der Waals surface area contributed by atoms with Crippen LogP contribution in [0.15, 0.2) is 24.3 Å². The molecule has 0 saturated heterocycles. The zero-order valence-electron chi connectivity index (χ0n) is 14.2. The second kappa shape index (κ2) is 6.08. The van der Waals surface area contributed by atoms with Gasteiger partial charge in [-0.3, -0.25) is 0 Å². The normalized spacial score (nSPS) is 25.8. The van der Waals surface area contributed by atoms with Gasteiger partial charge in [0.25, 0.3) is 0 Å². The molecule has 1 N–H and O–H groups in total. The Bertz CT molecular complexity index is 455. The van der Waals surface area contributed by atoms with Gasteiger partial charge in [0, 0.05) is 5.54 Å². The molecule has 2 atom stereocenters. The molecule has 0 radical (unpaired) electrons. The van der Waals surface area contributed by atoms with Crippen molar-refractivity contribution >= 4 is 0 Å². The first-order chi connectivity index (χ1) is 9.66. The molecule has 0 amide bonds. The third kappa shape index (κ3) is 4.81. The van der Waals surface area contributed by atoms with Crippen LogP contribution in [0, 0.1) is 17.2 Å². The van der Waals surface area contributed by atoms with E-state index >= 15 is 0 Å². The Morgan fingerprint density at radius 2 is 1.81 bits per heavy atom. The Morgan fingerprint density at radius 3 is 2.38 bits per heavy atom. The predicted molar refractivity (Wildman–Crippen MR) is 88.0 cm³/mol. The average Bonchev–Trinajstić information content (AvgIpc) is 2.36. The van der Waals surface area contributed by atoms with E-state index in [2.05, 4.69) is 39.9 Å². The Balaban J connectivity index is 2.15. The largest absolute Gasteiger partial charge is 0.312 e. The first kappa shape index (κ1) is 16.5. The number of hydrogen-bond donors (Lipinski definition) is 1. The maximum atomic E-state index is 13.2. The number of halogens is 1. The van der Waals surface area contributed by atoms with Crippen LogP contribution in [0.25, 0.3) is 0 Å². The van der Waals surface area contributed by atoms with Gasteiger partial charge < -0.3 is 5.32 Å². The summed E-state index contributed by atoms with van der Waals surface area (Å²) in [6.45, 7) is 12.4. The summed E-state index contributed by atoms with van der Waals surface area (Å²) in [6, 6.07) is 7.16. The Labute approximate surface area is 129 Å². The second-order valence-electron chi connectivity index (χ2n) is 8.46. The molecular formula is C19H30FN. The molecule has 1 aliphatic carbocycles. The minimum atomic E-state index is -0.141. The lowest BCUT2D eigenvalue weighted by atomic mass is 9.65. The molecule has 1 aromatic rings. The minimum Gasteiger partial charge on any atom is -0.312 e. The van der Waals surface area contributed by atoms with Crippen LogP contribution in [0.2, 0.25) is 0 Å². The summed E-state index contributed by atoms with van der Waals surface area (Å²) < 4.78 is 13.2. The van der Waals surface area contributed by atoms with E-state index < -0.39 is 0 Å². The molecule has 21 heavy (non-hydrogen) atoms. The molecule has 1 nitrogen and oxygen atoms in total. The van der Waals surface area contributed by atoms with Crippen molar-refractivity contribution in [2.24, 2.45) is 11.3 Å².